The van der Waals surface area contributed by atoms with Crippen LogP contribution in [0.1, 0.15) is 103 Å². The third kappa shape index (κ3) is 24.7. The first-order valence-electron chi connectivity index (χ1n) is 30.7. The number of carboxylic acids is 4. The fourth-order valence-electron chi connectivity index (χ4n) is 11.1. The molecule has 89 heavy (non-hydrogen) atoms. The standard InChI is InChI=1S/C66H87F3N8O12/c1-47-22-24-49(25-23-47)14-12-21-59(78)70-28-8-6-19-56(72-60(79)43-73-31-33-74(44-61(80)81)35-37-76(46-63(84)85)38-36-75(34-32-73)45-62(82)83)64(86)71-29-9-11-39-89-58-41-52(27-26-50-17-13-18-54(48(50)2)51-15-4-3-5-16-51)55(66(67,68)69)40-53(58)42-77-30-10-7-20-57(77)65(87)88/h3-5,13,15-18,22-27,40-41,56-57H,6-12,14,19-21,28-39,42-46H2,1-2H3,(H,70,78)(H,71,86)(H,72,79)(H,80,81)(H,82,83)(H,84,85)(H,87,88)/b27-26+/t56-,57-/m0/s1. The van der Waals surface area contributed by atoms with E-state index in [9.17, 15) is 54.0 Å². The van der Waals surface area contributed by atoms with Gasteiger partial charge in [-0.1, -0.05) is 96.9 Å². The highest BCUT2D eigenvalue weighted by molar-refractivity contribution is 5.88. The summed E-state index contributed by atoms with van der Waals surface area (Å²) < 4.78 is 51.4. The second-order valence-electron chi connectivity index (χ2n) is 23.0. The molecule has 2 atom stereocenters. The minimum atomic E-state index is -4.77. The number of carboxylic acid groups (broad SMARTS) is 4. The lowest BCUT2D eigenvalue weighted by Gasteiger charge is -2.33. The highest BCUT2D eigenvalue weighted by atomic mass is 19.4. The van der Waals surface area contributed by atoms with Crippen LogP contribution in [0.25, 0.3) is 23.3 Å². The number of ether oxygens (including phenoxy) is 1. The molecule has 0 spiro atoms. The van der Waals surface area contributed by atoms with Gasteiger partial charge in [-0.2, -0.15) is 13.2 Å². The van der Waals surface area contributed by atoms with Crippen molar-refractivity contribution >= 4 is 53.8 Å². The summed E-state index contributed by atoms with van der Waals surface area (Å²) in [6.07, 6.45) is 3.57. The van der Waals surface area contributed by atoms with E-state index in [1.54, 1.807) is 30.6 Å². The smallest absolute Gasteiger partial charge is 0.417 e. The molecular formula is C66H87F3N8O12. The summed E-state index contributed by atoms with van der Waals surface area (Å²) in [7, 11) is 0. The molecule has 20 nitrogen and oxygen atoms in total. The Morgan fingerprint density at radius 1 is 0.629 bits per heavy atom. The Hall–Kier alpha value is -7.70. The van der Waals surface area contributed by atoms with E-state index in [1.165, 1.54) is 12.1 Å². The summed E-state index contributed by atoms with van der Waals surface area (Å²) in [6, 6.07) is 23.9. The van der Waals surface area contributed by atoms with Crippen molar-refractivity contribution in [3.63, 3.8) is 0 Å². The number of hydrogen-bond donors (Lipinski definition) is 7. The number of rotatable bonds is 31. The van der Waals surface area contributed by atoms with Gasteiger partial charge in [0.15, 0.2) is 0 Å². The van der Waals surface area contributed by atoms with Gasteiger partial charge in [0.05, 0.1) is 38.3 Å². The SMILES string of the molecule is Cc1ccc(CCCC(=O)NCCCC[C@H](NC(=O)CN2CCN(CC(=O)O)CCN(CC(=O)O)CCN(CC(=O)O)CC2)C(=O)NCCCCOc2cc(/C=C/c3cccc(-c4ccccc4)c3C)c(C(F)(F)F)cc2CN2CCCC[C@H]2C(=O)O)cc1. The Bertz CT molecular complexity index is 2970. The lowest BCUT2D eigenvalue weighted by atomic mass is 9.95. The summed E-state index contributed by atoms with van der Waals surface area (Å²) >= 11 is 0. The van der Waals surface area contributed by atoms with Gasteiger partial charge in [0.2, 0.25) is 17.7 Å². The third-order valence-electron chi connectivity index (χ3n) is 16.1. The number of likely N-dealkylation sites (tertiary alicyclic amines) is 1. The molecule has 2 aliphatic heterocycles. The second-order valence-corrected chi connectivity index (χ2v) is 23.0. The fourth-order valence-corrected chi connectivity index (χ4v) is 11.1. The van der Waals surface area contributed by atoms with Crippen LogP contribution in [0.3, 0.4) is 0 Å². The number of hydrogen-bond acceptors (Lipinski definition) is 13. The topological polar surface area (TPSA) is 262 Å². The number of unbranched alkanes of at least 4 members (excludes halogenated alkanes) is 2. The molecule has 0 aliphatic carbocycles. The molecule has 23 heteroatoms. The summed E-state index contributed by atoms with van der Waals surface area (Å²) in [6.45, 7) is 4.95. The molecule has 0 unspecified atom stereocenters. The number of amides is 3. The van der Waals surface area contributed by atoms with Crippen molar-refractivity contribution in [2.45, 2.75) is 109 Å². The molecule has 0 aromatic heterocycles. The van der Waals surface area contributed by atoms with E-state index < -0.39 is 59.5 Å². The Kier molecular flexibility index (Phi) is 28.5. The van der Waals surface area contributed by atoms with E-state index in [2.05, 4.69) is 16.0 Å². The van der Waals surface area contributed by atoms with Crippen LogP contribution in [0, 0.1) is 13.8 Å². The predicted octanol–water partition coefficient (Wildman–Crippen LogP) is 7.14. The number of piperidine rings is 1. The Balaban J connectivity index is 1.14. The number of halogens is 3. The van der Waals surface area contributed by atoms with Crippen LogP contribution >= 0.6 is 0 Å². The number of aryl methyl sites for hydroxylation is 2. The van der Waals surface area contributed by atoms with Crippen molar-refractivity contribution in [3.05, 3.63) is 124 Å². The molecule has 2 saturated heterocycles. The number of nitrogens with one attached hydrogen (secondary N) is 3. The normalized spacial score (nSPS) is 16.6. The number of nitrogens with zero attached hydrogens (tertiary/aromatic N) is 5. The van der Waals surface area contributed by atoms with E-state index in [-0.39, 0.29) is 127 Å². The molecule has 4 aromatic rings. The van der Waals surface area contributed by atoms with Crippen molar-refractivity contribution in [3.8, 4) is 16.9 Å². The van der Waals surface area contributed by atoms with E-state index in [0.29, 0.717) is 76.4 Å². The van der Waals surface area contributed by atoms with Gasteiger partial charge in [-0.3, -0.25) is 58.1 Å². The Morgan fingerprint density at radius 2 is 1.21 bits per heavy atom. The molecule has 3 amide bonds. The van der Waals surface area contributed by atoms with Crippen LogP contribution in [-0.2, 0) is 52.7 Å². The highest BCUT2D eigenvalue weighted by Gasteiger charge is 2.36. The lowest BCUT2D eigenvalue weighted by Crippen LogP contribution is -2.52. The second kappa shape index (κ2) is 36.1. The molecule has 7 N–H and O–H groups in total. The van der Waals surface area contributed by atoms with E-state index in [0.717, 1.165) is 40.3 Å². The quantitative estimate of drug-likeness (QED) is 0.0195. The zero-order valence-corrected chi connectivity index (χ0v) is 51.1. The molecule has 2 fully saturated rings. The lowest BCUT2D eigenvalue weighted by molar-refractivity contribution is -0.145. The zero-order chi connectivity index (χ0) is 64.3. The Morgan fingerprint density at radius 3 is 1.81 bits per heavy atom. The fraction of sp³-hybridized carbons (Fsp3) is 0.500. The molecule has 484 valence electrons. The molecule has 4 aromatic carbocycles. The maximum absolute atomic E-state index is 15.0. The highest BCUT2D eigenvalue weighted by Crippen LogP contribution is 2.39. The van der Waals surface area contributed by atoms with Crippen LogP contribution in [0.4, 0.5) is 13.2 Å². The average molecular weight is 1240 g/mol. The zero-order valence-electron chi connectivity index (χ0n) is 51.1. The molecular weight excluding hydrogens is 1150 g/mol. The van der Waals surface area contributed by atoms with Crippen LogP contribution in [0.2, 0.25) is 0 Å². The van der Waals surface area contributed by atoms with E-state index in [4.69, 9.17) is 4.74 Å². The van der Waals surface area contributed by atoms with Crippen LogP contribution < -0.4 is 20.7 Å². The number of alkyl halides is 3. The molecule has 0 radical (unpaired) electrons. The monoisotopic (exact) mass is 1240 g/mol. The van der Waals surface area contributed by atoms with Gasteiger partial charge < -0.3 is 41.1 Å². The van der Waals surface area contributed by atoms with Gasteiger partial charge in [0.1, 0.15) is 17.8 Å². The predicted molar refractivity (Wildman–Crippen MR) is 332 cm³/mol. The van der Waals surface area contributed by atoms with Gasteiger partial charge in [-0.15, -0.1) is 0 Å². The van der Waals surface area contributed by atoms with Crippen molar-refractivity contribution < 1.29 is 71.9 Å². The summed E-state index contributed by atoms with van der Waals surface area (Å²) in [5.74, 6) is -5.28. The van der Waals surface area contributed by atoms with Crippen molar-refractivity contribution in [2.24, 2.45) is 0 Å². The third-order valence-corrected chi connectivity index (χ3v) is 16.1. The number of carbonyl (C=O) groups excluding carboxylic acids is 3. The van der Waals surface area contributed by atoms with Gasteiger partial charge in [0.25, 0.3) is 0 Å². The van der Waals surface area contributed by atoms with Crippen molar-refractivity contribution in [1.82, 2.24) is 40.4 Å². The summed E-state index contributed by atoms with van der Waals surface area (Å²) in [5.41, 5.74) is 4.92. The van der Waals surface area contributed by atoms with Crippen LogP contribution in [0.15, 0.2) is 84.9 Å². The Labute approximate surface area is 519 Å². The van der Waals surface area contributed by atoms with Gasteiger partial charge in [-0.05, 0) is 124 Å². The van der Waals surface area contributed by atoms with E-state index in [1.807, 2.05) is 86.6 Å². The van der Waals surface area contributed by atoms with Gasteiger partial charge >= 0.3 is 30.1 Å². The van der Waals surface area contributed by atoms with Crippen molar-refractivity contribution in [1.29, 1.82) is 0 Å². The number of aliphatic carboxylic acids is 4. The largest absolute Gasteiger partial charge is 0.493 e. The van der Waals surface area contributed by atoms with Crippen LogP contribution in [0.5, 0.6) is 5.75 Å². The van der Waals surface area contributed by atoms with E-state index >= 15 is 13.2 Å². The van der Waals surface area contributed by atoms with Crippen molar-refractivity contribution in [2.75, 3.05) is 105 Å². The number of carbonyl (C=O) groups is 7. The molecule has 6 rings (SSSR count). The summed E-state index contributed by atoms with van der Waals surface area (Å²) in [5, 5.41) is 47.8. The first-order chi connectivity index (χ1) is 42.6. The van der Waals surface area contributed by atoms with Crippen LogP contribution in [-0.4, -0.2) is 203 Å². The minimum Gasteiger partial charge on any atom is -0.493 e. The maximum atomic E-state index is 15.0. The average Bonchev–Trinajstić information content (AvgIpc) is 2.29. The maximum Gasteiger partial charge on any atom is 0.417 e. The summed E-state index contributed by atoms with van der Waals surface area (Å²) in [4.78, 5) is 97.0. The first-order valence-corrected chi connectivity index (χ1v) is 30.7. The first kappa shape index (κ1) is 70.4. The van der Waals surface area contributed by atoms with Gasteiger partial charge in [0, 0.05) is 84.0 Å². The molecule has 2 aliphatic rings. The minimum absolute atomic E-state index is 0.0278. The molecule has 2 heterocycles. The van der Waals surface area contributed by atoms with Gasteiger partial charge in [-0.25, -0.2) is 0 Å². The number of benzene rings is 4. The molecule has 0 saturated carbocycles. The molecule has 0 bridgehead atoms.